The molecule has 1 atom stereocenters. The Kier molecular flexibility index (Phi) is 3.52. The summed E-state index contributed by atoms with van der Waals surface area (Å²) in [6, 6.07) is 9.04. The fraction of sp³-hybridized carbons (Fsp3) is 0.273. The van der Waals surface area contributed by atoms with Gasteiger partial charge < -0.3 is 10.6 Å². The van der Waals surface area contributed by atoms with Crippen LogP contribution in [0.25, 0.3) is 5.69 Å². The predicted molar refractivity (Wildman–Crippen MR) is 66.3 cm³/mol. The van der Waals surface area contributed by atoms with E-state index in [-0.39, 0.29) is 5.91 Å². The Morgan fingerprint density at radius 2 is 2.06 bits per heavy atom. The van der Waals surface area contributed by atoms with Crippen molar-refractivity contribution >= 4 is 11.9 Å². The van der Waals surface area contributed by atoms with Gasteiger partial charge in [0.15, 0.2) is 0 Å². The van der Waals surface area contributed by atoms with E-state index in [1.165, 1.54) is 0 Å². The number of likely N-dealkylation sites (N-methyl/N-ethyl adjacent to an activating group) is 1. The third-order valence-corrected chi connectivity index (χ3v) is 2.46. The highest BCUT2D eigenvalue weighted by Crippen LogP contribution is 2.11. The second kappa shape index (κ2) is 5.26. The molecule has 0 saturated carbocycles. The van der Waals surface area contributed by atoms with E-state index < -0.39 is 6.04 Å². The van der Waals surface area contributed by atoms with Crippen LogP contribution < -0.4 is 10.6 Å². The summed E-state index contributed by atoms with van der Waals surface area (Å²) in [4.78, 5) is 11.4. The van der Waals surface area contributed by atoms with Crippen molar-refractivity contribution in [2.45, 2.75) is 13.0 Å². The summed E-state index contributed by atoms with van der Waals surface area (Å²) in [7, 11) is 1.58. The van der Waals surface area contributed by atoms with Gasteiger partial charge in [0.05, 0.1) is 5.69 Å². The SMILES string of the molecule is CNC(=O)C(C)Nc1nnnn1-c1ccccc1. The molecule has 1 heterocycles. The Hall–Kier alpha value is -2.44. The molecule has 1 aromatic carbocycles. The smallest absolute Gasteiger partial charge is 0.248 e. The van der Waals surface area contributed by atoms with Gasteiger partial charge in [-0.15, -0.1) is 0 Å². The van der Waals surface area contributed by atoms with Gasteiger partial charge in [0.2, 0.25) is 11.9 Å². The number of rotatable bonds is 4. The van der Waals surface area contributed by atoms with E-state index in [2.05, 4.69) is 26.2 Å². The zero-order valence-corrected chi connectivity index (χ0v) is 10.2. The summed E-state index contributed by atoms with van der Waals surface area (Å²) in [6.45, 7) is 1.74. The number of benzene rings is 1. The van der Waals surface area contributed by atoms with Gasteiger partial charge in [-0.05, 0) is 29.5 Å². The summed E-state index contributed by atoms with van der Waals surface area (Å²) in [5, 5.41) is 16.9. The van der Waals surface area contributed by atoms with Crippen molar-refractivity contribution in [3.8, 4) is 5.69 Å². The summed E-state index contributed by atoms with van der Waals surface area (Å²) >= 11 is 0. The van der Waals surface area contributed by atoms with Crippen LogP contribution in [0.2, 0.25) is 0 Å². The van der Waals surface area contributed by atoms with E-state index in [4.69, 9.17) is 0 Å². The Labute approximate surface area is 104 Å². The molecule has 0 radical (unpaired) electrons. The molecule has 0 saturated heterocycles. The zero-order chi connectivity index (χ0) is 13.0. The third-order valence-electron chi connectivity index (χ3n) is 2.46. The molecular formula is C11H14N6O. The maximum Gasteiger partial charge on any atom is 0.248 e. The second-order valence-electron chi connectivity index (χ2n) is 3.73. The molecule has 18 heavy (non-hydrogen) atoms. The van der Waals surface area contributed by atoms with Crippen LogP contribution in [0.3, 0.4) is 0 Å². The van der Waals surface area contributed by atoms with Crippen LogP contribution in [0.1, 0.15) is 6.92 Å². The molecule has 1 amide bonds. The Morgan fingerprint density at radius 3 is 2.72 bits per heavy atom. The number of carbonyl (C=O) groups is 1. The molecule has 2 rings (SSSR count). The van der Waals surface area contributed by atoms with E-state index >= 15 is 0 Å². The number of nitrogens with one attached hydrogen (secondary N) is 2. The topological polar surface area (TPSA) is 84.7 Å². The van der Waals surface area contributed by atoms with E-state index in [1.807, 2.05) is 30.3 Å². The number of amides is 1. The van der Waals surface area contributed by atoms with Crippen LogP contribution in [-0.4, -0.2) is 39.2 Å². The van der Waals surface area contributed by atoms with Crippen LogP contribution in [-0.2, 0) is 4.79 Å². The molecule has 7 heteroatoms. The maximum atomic E-state index is 11.4. The summed E-state index contributed by atoms with van der Waals surface area (Å²) < 4.78 is 1.54. The van der Waals surface area contributed by atoms with E-state index in [1.54, 1.807) is 18.7 Å². The molecular weight excluding hydrogens is 232 g/mol. The standard InChI is InChI=1S/C11H14N6O/c1-8(10(18)12-2)13-11-14-15-16-17(11)9-6-4-3-5-7-9/h3-8H,1-2H3,(H,12,18)(H,13,14,16). The average molecular weight is 246 g/mol. The van der Waals surface area contributed by atoms with Crippen molar-refractivity contribution < 1.29 is 4.79 Å². The van der Waals surface area contributed by atoms with Gasteiger partial charge in [0, 0.05) is 7.05 Å². The molecule has 0 bridgehead atoms. The van der Waals surface area contributed by atoms with Crippen LogP contribution in [0.15, 0.2) is 30.3 Å². The quantitative estimate of drug-likeness (QED) is 0.805. The lowest BCUT2D eigenvalue weighted by molar-refractivity contribution is -0.121. The minimum Gasteiger partial charge on any atom is -0.357 e. The molecule has 7 nitrogen and oxygen atoms in total. The largest absolute Gasteiger partial charge is 0.357 e. The number of hydrogen-bond acceptors (Lipinski definition) is 5. The summed E-state index contributed by atoms with van der Waals surface area (Å²) in [5.41, 5.74) is 0.828. The lowest BCUT2D eigenvalue weighted by Gasteiger charge is -2.12. The number of anilines is 1. The van der Waals surface area contributed by atoms with E-state index in [0.29, 0.717) is 5.95 Å². The highest BCUT2D eigenvalue weighted by atomic mass is 16.2. The fourth-order valence-corrected chi connectivity index (χ4v) is 1.50. The van der Waals surface area contributed by atoms with Crippen molar-refractivity contribution in [3.63, 3.8) is 0 Å². The normalized spacial score (nSPS) is 11.9. The Balaban J connectivity index is 2.21. The van der Waals surface area contributed by atoms with Crippen LogP contribution in [0.5, 0.6) is 0 Å². The molecule has 0 spiro atoms. The first-order valence-electron chi connectivity index (χ1n) is 5.54. The van der Waals surface area contributed by atoms with Crippen LogP contribution in [0, 0.1) is 0 Å². The van der Waals surface area contributed by atoms with Gasteiger partial charge >= 0.3 is 0 Å². The molecule has 2 N–H and O–H groups in total. The third kappa shape index (κ3) is 2.45. The number of hydrogen-bond donors (Lipinski definition) is 2. The molecule has 1 unspecified atom stereocenters. The van der Waals surface area contributed by atoms with Crippen molar-refractivity contribution in [1.29, 1.82) is 0 Å². The minimum absolute atomic E-state index is 0.127. The lowest BCUT2D eigenvalue weighted by Crippen LogP contribution is -2.36. The highest BCUT2D eigenvalue weighted by Gasteiger charge is 2.15. The van der Waals surface area contributed by atoms with Gasteiger partial charge in [0.1, 0.15) is 6.04 Å². The van der Waals surface area contributed by atoms with Gasteiger partial charge in [-0.25, -0.2) is 0 Å². The molecule has 1 aromatic heterocycles. The fourth-order valence-electron chi connectivity index (χ4n) is 1.50. The van der Waals surface area contributed by atoms with Crippen molar-refractivity contribution in [3.05, 3.63) is 30.3 Å². The van der Waals surface area contributed by atoms with Gasteiger partial charge in [0.25, 0.3) is 0 Å². The first-order chi connectivity index (χ1) is 8.72. The average Bonchev–Trinajstić information content (AvgIpc) is 2.86. The predicted octanol–water partition coefficient (Wildman–Crippen LogP) is 0.209. The van der Waals surface area contributed by atoms with E-state index in [0.717, 1.165) is 5.69 Å². The second-order valence-corrected chi connectivity index (χ2v) is 3.73. The Bertz CT molecular complexity index is 523. The highest BCUT2D eigenvalue weighted by molar-refractivity contribution is 5.83. The van der Waals surface area contributed by atoms with Crippen LogP contribution >= 0.6 is 0 Å². The van der Waals surface area contributed by atoms with Gasteiger partial charge in [-0.1, -0.05) is 23.3 Å². The number of para-hydroxylation sites is 1. The van der Waals surface area contributed by atoms with Crippen molar-refractivity contribution in [2.24, 2.45) is 0 Å². The number of aromatic nitrogens is 4. The molecule has 0 fully saturated rings. The monoisotopic (exact) mass is 246 g/mol. The number of tetrazole rings is 1. The van der Waals surface area contributed by atoms with Gasteiger partial charge in [-0.2, -0.15) is 4.68 Å². The first-order valence-corrected chi connectivity index (χ1v) is 5.54. The van der Waals surface area contributed by atoms with Crippen LogP contribution in [0.4, 0.5) is 5.95 Å². The lowest BCUT2D eigenvalue weighted by atomic mass is 10.3. The molecule has 0 aliphatic carbocycles. The minimum atomic E-state index is -0.413. The number of carbonyl (C=O) groups excluding carboxylic acids is 1. The first kappa shape index (κ1) is 12.0. The summed E-state index contributed by atoms with van der Waals surface area (Å²) in [5.74, 6) is 0.301. The number of nitrogens with zero attached hydrogens (tertiary/aromatic N) is 4. The summed E-state index contributed by atoms with van der Waals surface area (Å²) in [6.07, 6.45) is 0. The molecule has 94 valence electrons. The molecule has 0 aliphatic heterocycles. The molecule has 2 aromatic rings. The molecule has 0 aliphatic rings. The van der Waals surface area contributed by atoms with Gasteiger partial charge in [-0.3, -0.25) is 4.79 Å². The van der Waals surface area contributed by atoms with E-state index in [9.17, 15) is 4.79 Å². The Morgan fingerprint density at radius 1 is 1.33 bits per heavy atom. The zero-order valence-electron chi connectivity index (χ0n) is 10.2. The van der Waals surface area contributed by atoms with Crippen molar-refractivity contribution in [2.75, 3.05) is 12.4 Å². The maximum absolute atomic E-state index is 11.4. The van der Waals surface area contributed by atoms with Crippen molar-refractivity contribution in [1.82, 2.24) is 25.5 Å².